The van der Waals surface area contributed by atoms with Crippen molar-refractivity contribution in [1.29, 1.82) is 0 Å². The number of aromatic nitrogens is 1. The summed E-state index contributed by atoms with van der Waals surface area (Å²) < 4.78 is 6.45. The van der Waals surface area contributed by atoms with Crippen molar-refractivity contribution in [3.05, 3.63) is 76.9 Å². The Balaban J connectivity index is 1.07. The molecule has 0 amide bonds. The van der Waals surface area contributed by atoms with Gasteiger partial charge in [-0.2, -0.15) is 0 Å². The summed E-state index contributed by atoms with van der Waals surface area (Å²) in [7, 11) is 0. The summed E-state index contributed by atoms with van der Waals surface area (Å²) in [6.45, 7) is 6.53. The highest BCUT2D eigenvalue weighted by molar-refractivity contribution is 5.79. The van der Waals surface area contributed by atoms with Gasteiger partial charge in [0.05, 0.1) is 11.1 Å². The summed E-state index contributed by atoms with van der Waals surface area (Å²) in [5, 5.41) is 9.62. The van der Waals surface area contributed by atoms with E-state index >= 15 is 0 Å². The van der Waals surface area contributed by atoms with Gasteiger partial charge >= 0.3 is 5.97 Å². The number of ether oxygens (including phenoxy) is 1. The number of rotatable bonds is 7. The zero-order valence-corrected chi connectivity index (χ0v) is 22.7. The molecule has 0 unspecified atom stereocenters. The fraction of sp³-hybridized carbons (Fsp3) is 0.455. The van der Waals surface area contributed by atoms with Crippen LogP contribution in [0.2, 0.25) is 0 Å². The number of aliphatic carboxylic acids is 1. The van der Waals surface area contributed by atoms with Crippen LogP contribution >= 0.6 is 0 Å². The quantitative estimate of drug-likeness (QED) is 0.419. The second kappa shape index (κ2) is 9.67. The fourth-order valence-electron chi connectivity index (χ4n) is 7.03. The van der Waals surface area contributed by atoms with Crippen LogP contribution in [-0.4, -0.2) is 46.6 Å². The molecule has 0 bridgehead atoms. The predicted octanol–water partition coefficient (Wildman–Crippen LogP) is 5.85. The van der Waals surface area contributed by atoms with Crippen LogP contribution in [0.25, 0.3) is 11.3 Å². The van der Waals surface area contributed by atoms with Crippen molar-refractivity contribution in [1.82, 2.24) is 9.88 Å². The van der Waals surface area contributed by atoms with Gasteiger partial charge < -0.3 is 14.7 Å². The molecule has 4 aliphatic rings. The normalized spacial score (nSPS) is 24.4. The fourth-order valence-corrected chi connectivity index (χ4v) is 7.03. The minimum atomic E-state index is -0.635. The summed E-state index contributed by atoms with van der Waals surface area (Å²) >= 11 is 0. The number of nitrogens with zero attached hydrogens (tertiary/aromatic N) is 3. The van der Waals surface area contributed by atoms with Gasteiger partial charge in [-0.25, -0.2) is 4.98 Å². The minimum absolute atomic E-state index is 0.228. The van der Waals surface area contributed by atoms with Crippen LogP contribution in [0, 0.1) is 18.3 Å². The zero-order chi connectivity index (χ0) is 26.6. The van der Waals surface area contributed by atoms with Crippen LogP contribution in [0.1, 0.15) is 54.4 Å². The number of hydrogen-bond acceptors (Lipinski definition) is 5. The Kier molecular flexibility index (Phi) is 6.11. The van der Waals surface area contributed by atoms with Gasteiger partial charge in [0, 0.05) is 37.8 Å². The third-order valence-corrected chi connectivity index (χ3v) is 9.95. The molecule has 7 rings (SSSR count). The van der Waals surface area contributed by atoms with Gasteiger partial charge in [0.15, 0.2) is 0 Å². The third-order valence-electron chi connectivity index (χ3n) is 9.95. The molecular weight excluding hydrogens is 486 g/mol. The monoisotopic (exact) mass is 523 g/mol. The number of carbonyl (C=O) groups is 1. The molecule has 3 heterocycles. The first-order chi connectivity index (χ1) is 19.0. The van der Waals surface area contributed by atoms with Crippen LogP contribution in [0.4, 0.5) is 5.82 Å². The molecule has 2 atom stereocenters. The lowest BCUT2D eigenvalue weighted by atomic mass is 9.87. The Morgan fingerprint density at radius 3 is 2.77 bits per heavy atom. The molecule has 1 aromatic heterocycles. The minimum Gasteiger partial charge on any atom is -0.488 e. The maximum absolute atomic E-state index is 11.7. The van der Waals surface area contributed by atoms with Crippen LogP contribution in [0.15, 0.2) is 54.6 Å². The highest BCUT2D eigenvalue weighted by atomic mass is 16.5. The Hall–Kier alpha value is -3.38. The molecule has 2 saturated carbocycles. The lowest BCUT2D eigenvalue weighted by Crippen LogP contribution is -2.43. The number of hydrogen-bond donors (Lipinski definition) is 1. The van der Waals surface area contributed by atoms with Gasteiger partial charge in [-0.15, -0.1) is 0 Å². The van der Waals surface area contributed by atoms with Gasteiger partial charge in [0.2, 0.25) is 0 Å². The first kappa shape index (κ1) is 24.6. The average Bonchev–Trinajstić information content (AvgIpc) is 3.68. The Morgan fingerprint density at radius 2 is 1.97 bits per heavy atom. The SMILES string of the molecule is Cc1c(COc2ccccc2-c2cccc(N3CC[C@@]4(C(=O)O)C[C@H]4C3)n2)ccc2c1CCN(C1CCC1)C2. The Labute approximate surface area is 230 Å². The number of para-hydroxylation sites is 1. The van der Waals surface area contributed by atoms with Crippen LogP contribution in [0.3, 0.4) is 0 Å². The Morgan fingerprint density at radius 1 is 1.10 bits per heavy atom. The highest BCUT2D eigenvalue weighted by Crippen LogP contribution is 2.58. The molecule has 6 nitrogen and oxygen atoms in total. The molecule has 2 aliphatic carbocycles. The largest absolute Gasteiger partial charge is 0.488 e. The van der Waals surface area contributed by atoms with E-state index in [0.717, 1.165) is 61.3 Å². The van der Waals surface area contributed by atoms with Crippen LogP contribution in [-0.2, 0) is 24.4 Å². The van der Waals surface area contributed by atoms with Crippen molar-refractivity contribution in [2.24, 2.45) is 11.3 Å². The maximum Gasteiger partial charge on any atom is 0.310 e. The molecule has 6 heteroatoms. The van der Waals surface area contributed by atoms with Crippen LogP contribution < -0.4 is 9.64 Å². The molecule has 202 valence electrons. The molecule has 0 radical (unpaired) electrons. The number of carboxylic acids is 1. The van der Waals surface area contributed by atoms with E-state index in [2.05, 4.69) is 34.9 Å². The number of fused-ring (bicyclic) bond motifs is 2. The topological polar surface area (TPSA) is 65.9 Å². The summed E-state index contributed by atoms with van der Waals surface area (Å²) in [6.07, 6.45) is 6.72. The van der Waals surface area contributed by atoms with E-state index in [1.165, 1.54) is 48.1 Å². The van der Waals surface area contributed by atoms with Gasteiger partial charge in [0.1, 0.15) is 18.2 Å². The number of pyridine rings is 1. The number of anilines is 1. The van der Waals surface area contributed by atoms with Crippen LogP contribution in [0.5, 0.6) is 5.75 Å². The van der Waals surface area contributed by atoms with Gasteiger partial charge in [0.25, 0.3) is 0 Å². The molecule has 39 heavy (non-hydrogen) atoms. The van der Waals surface area contributed by atoms with Crippen molar-refractivity contribution in [2.45, 2.75) is 64.6 Å². The summed E-state index contributed by atoms with van der Waals surface area (Å²) in [5.74, 6) is 1.34. The Bertz CT molecular complexity index is 1420. The molecule has 2 aliphatic heterocycles. The van der Waals surface area contributed by atoms with Crippen molar-refractivity contribution in [3.63, 3.8) is 0 Å². The van der Waals surface area contributed by atoms with Crippen molar-refractivity contribution in [3.8, 4) is 17.0 Å². The molecule has 3 fully saturated rings. The number of benzene rings is 2. The lowest BCUT2D eigenvalue weighted by Gasteiger charge is -2.41. The van der Waals surface area contributed by atoms with E-state index in [-0.39, 0.29) is 5.92 Å². The summed E-state index contributed by atoms with van der Waals surface area (Å²) in [6, 6.07) is 19.6. The van der Waals surface area contributed by atoms with E-state index < -0.39 is 11.4 Å². The van der Waals surface area contributed by atoms with Gasteiger partial charge in [-0.1, -0.05) is 36.8 Å². The standard InChI is InChI=1S/C33H37N3O3/c1-22-24(13-12-23-19-35(16-14-27(22)23)26-6-4-7-26)21-39-30-10-3-2-8-28(30)29-9-5-11-31(34-29)36-17-15-33(32(37)38)18-25(33)20-36/h2-3,5,8-13,25-26H,4,6-7,14-21H2,1H3,(H,37,38)/t25-,33+/m0/s1. The molecule has 1 N–H and O–H groups in total. The summed E-state index contributed by atoms with van der Waals surface area (Å²) in [4.78, 5) is 21.6. The molecule has 3 aromatic rings. The first-order valence-corrected chi connectivity index (χ1v) is 14.5. The smallest absolute Gasteiger partial charge is 0.310 e. The molecule has 0 spiro atoms. The van der Waals surface area contributed by atoms with E-state index in [1.807, 2.05) is 36.4 Å². The summed E-state index contributed by atoms with van der Waals surface area (Å²) in [5.41, 5.74) is 7.00. The lowest BCUT2D eigenvalue weighted by molar-refractivity contribution is -0.144. The second-order valence-electron chi connectivity index (χ2n) is 12.0. The highest BCUT2D eigenvalue weighted by Gasteiger charge is 2.62. The average molecular weight is 524 g/mol. The number of piperidine rings is 1. The number of carboxylic acid groups (broad SMARTS) is 1. The van der Waals surface area contributed by atoms with E-state index in [0.29, 0.717) is 13.0 Å². The van der Waals surface area contributed by atoms with E-state index in [1.54, 1.807) is 0 Å². The van der Waals surface area contributed by atoms with Crippen molar-refractivity contribution < 1.29 is 14.6 Å². The molecule has 1 saturated heterocycles. The maximum atomic E-state index is 11.7. The molecule has 2 aromatic carbocycles. The van der Waals surface area contributed by atoms with Crippen molar-refractivity contribution in [2.75, 3.05) is 24.5 Å². The second-order valence-corrected chi connectivity index (χ2v) is 12.0. The van der Waals surface area contributed by atoms with E-state index in [4.69, 9.17) is 9.72 Å². The predicted molar refractivity (Wildman–Crippen MR) is 152 cm³/mol. The van der Waals surface area contributed by atoms with Gasteiger partial charge in [-0.05, 0) is 91.5 Å². The zero-order valence-electron chi connectivity index (χ0n) is 22.7. The molecular formula is C33H37N3O3. The van der Waals surface area contributed by atoms with Crippen molar-refractivity contribution >= 4 is 11.8 Å². The van der Waals surface area contributed by atoms with Gasteiger partial charge in [-0.3, -0.25) is 9.69 Å². The third kappa shape index (κ3) is 4.39. The van der Waals surface area contributed by atoms with E-state index in [9.17, 15) is 9.90 Å². The first-order valence-electron chi connectivity index (χ1n) is 14.5.